The van der Waals surface area contributed by atoms with Crippen LogP contribution < -0.4 is 4.74 Å². The van der Waals surface area contributed by atoms with Gasteiger partial charge in [0.2, 0.25) is 0 Å². The zero-order valence-corrected chi connectivity index (χ0v) is 10.9. The second-order valence-electron chi connectivity index (χ2n) is 4.73. The monoisotopic (exact) mass is 248 g/mol. The third-order valence-corrected chi connectivity index (χ3v) is 3.35. The van der Waals surface area contributed by atoms with Crippen molar-refractivity contribution in [2.75, 3.05) is 0 Å². The van der Waals surface area contributed by atoms with E-state index in [1.165, 1.54) is 12.0 Å². The molecular formula is C15H20O3. The van der Waals surface area contributed by atoms with Crippen molar-refractivity contribution in [1.82, 2.24) is 0 Å². The molecule has 1 aromatic carbocycles. The standard InChI is InChI=1S/C15H20O3/c1-2-12-8-10-14(11-9-12)18-15(16)17-13-6-4-3-5-7-13/h8-11,13H,2-7H2,1H3. The van der Waals surface area contributed by atoms with Gasteiger partial charge < -0.3 is 9.47 Å². The third-order valence-electron chi connectivity index (χ3n) is 3.35. The van der Waals surface area contributed by atoms with Crippen LogP contribution in [0.2, 0.25) is 0 Å². The summed E-state index contributed by atoms with van der Waals surface area (Å²) in [6, 6.07) is 7.54. The number of aryl methyl sites for hydroxylation is 1. The van der Waals surface area contributed by atoms with Crippen LogP contribution in [-0.2, 0) is 11.2 Å². The molecule has 98 valence electrons. The Kier molecular flexibility index (Phi) is 4.62. The average Bonchev–Trinajstić information content (AvgIpc) is 2.40. The lowest BCUT2D eigenvalue weighted by Gasteiger charge is -2.21. The molecule has 0 amide bonds. The lowest BCUT2D eigenvalue weighted by molar-refractivity contribution is 0.0417. The quantitative estimate of drug-likeness (QED) is 0.597. The fourth-order valence-electron chi connectivity index (χ4n) is 2.23. The lowest BCUT2D eigenvalue weighted by Crippen LogP contribution is -2.23. The van der Waals surface area contributed by atoms with Crippen LogP contribution in [-0.4, -0.2) is 12.3 Å². The molecule has 2 rings (SSSR count). The van der Waals surface area contributed by atoms with Crippen LogP contribution in [0.25, 0.3) is 0 Å². The predicted octanol–water partition coefficient (Wildman–Crippen LogP) is 4.10. The smallest absolute Gasteiger partial charge is 0.431 e. The van der Waals surface area contributed by atoms with Gasteiger partial charge in [-0.1, -0.05) is 25.5 Å². The molecule has 1 aliphatic carbocycles. The maximum Gasteiger partial charge on any atom is 0.514 e. The van der Waals surface area contributed by atoms with E-state index in [4.69, 9.17) is 9.47 Å². The van der Waals surface area contributed by atoms with E-state index in [-0.39, 0.29) is 6.10 Å². The first kappa shape index (κ1) is 12.9. The van der Waals surface area contributed by atoms with Gasteiger partial charge in [0, 0.05) is 0 Å². The molecular weight excluding hydrogens is 228 g/mol. The van der Waals surface area contributed by atoms with Crippen molar-refractivity contribution in [3.05, 3.63) is 29.8 Å². The van der Waals surface area contributed by atoms with Crippen molar-refractivity contribution in [1.29, 1.82) is 0 Å². The highest BCUT2D eigenvalue weighted by Crippen LogP contribution is 2.21. The molecule has 0 saturated heterocycles. The van der Waals surface area contributed by atoms with E-state index in [1.807, 2.05) is 12.1 Å². The summed E-state index contributed by atoms with van der Waals surface area (Å²) in [5.41, 5.74) is 1.22. The minimum atomic E-state index is -0.578. The van der Waals surface area contributed by atoms with Crippen molar-refractivity contribution in [2.45, 2.75) is 51.6 Å². The highest BCUT2D eigenvalue weighted by molar-refractivity contribution is 5.64. The van der Waals surface area contributed by atoms with Gasteiger partial charge in [-0.15, -0.1) is 0 Å². The number of rotatable bonds is 3. The van der Waals surface area contributed by atoms with E-state index < -0.39 is 6.16 Å². The molecule has 0 unspecified atom stereocenters. The third kappa shape index (κ3) is 3.76. The van der Waals surface area contributed by atoms with Gasteiger partial charge >= 0.3 is 6.16 Å². The Labute approximate surface area is 108 Å². The van der Waals surface area contributed by atoms with Crippen LogP contribution in [0.5, 0.6) is 5.75 Å². The first-order chi connectivity index (χ1) is 8.78. The van der Waals surface area contributed by atoms with E-state index in [2.05, 4.69) is 6.92 Å². The lowest BCUT2D eigenvalue weighted by atomic mass is 9.98. The molecule has 3 nitrogen and oxygen atoms in total. The van der Waals surface area contributed by atoms with E-state index in [0.717, 1.165) is 32.1 Å². The number of hydrogen-bond acceptors (Lipinski definition) is 3. The molecule has 3 heteroatoms. The summed E-state index contributed by atoms with van der Waals surface area (Å²) < 4.78 is 10.4. The van der Waals surface area contributed by atoms with Gasteiger partial charge in [0.25, 0.3) is 0 Å². The van der Waals surface area contributed by atoms with Gasteiger partial charge in [-0.2, -0.15) is 0 Å². The van der Waals surface area contributed by atoms with Gasteiger partial charge in [-0.05, 0) is 49.8 Å². The van der Waals surface area contributed by atoms with Crippen LogP contribution in [0.3, 0.4) is 0 Å². The minimum Gasteiger partial charge on any atom is -0.431 e. The summed E-state index contributed by atoms with van der Waals surface area (Å²) in [6.07, 6.45) is 5.90. The number of carbonyl (C=O) groups is 1. The number of benzene rings is 1. The second kappa shape index (κ2) is 6.43. The molecule has 1 aliphatic rings. The molecule has 0 heterocycles. The van der Waals surface area contributed by atoms with Crippen molar-refractivity contribution in [3.8, 4) is 5.75 Å². The summed E-state index contributed by atoms with van der Waals surface area (Å²) in [5.74, 6) is 0.549. The molecule has 0 radical (unpaired) electrons. The molecule has 1 fully saturated rings. The maximum atomic E-state index is 11.6. The van der Waals surface area contributed by atoms with Crippen LogP contribution in [0.15, 0.2) is 24.3 Å². The van der Waals surface area contributed by atoms with Gasteiger partial charge in [0.1, 0.15) is 11.9 Å². The van der Waals surface area contributed by atoms with Crippen molar-refractivity contribution in [3.63, 3.8) is 0 Å². The molecule has 0 atom stereocenters. The molecule has 1 aromatic rings. The average molecular weight is 248 g/mol. The summed E-state index contributed by atoms with van der Waals surface area (Å²) in [6.45, 7) is 2.09. The Morgan fingerprint density at radius 2 is 1.83 bits per heavy atom. The van der Waals surface area contributed by atoms with Crippen molar-refractivity contribution >= 4 is 6.16 Å². The first-order valence-corrected chi connectivity index (χ1v) is 6.75. The summed E-state index contributed by atoms with van der Waals surface area (Å²) in [5, 5.41) is 0. The molecule has 18 heavy (non-hydrogen) atoms. The fraction of sp³-hybridized carbons (Fsp3) is 0.533. The fourth-order valence-corrected chi connectivity index (χ4v) is 2.23. The van der Waals surface area contributed by atoms with Crippen LogP contribution in [0.4, 0.5) is 4.79 Å². The zero-order valence-electron chi connectivity index (χ0n) is 10.9. The predicted molar refractivity (Wildman–Crippen MR) is 69.8 cm³/mol. The summed E-state index contributed by atoms with van der Waals surface area (Å²) in [4.78, 5) is 11.6. The van der Waals surface area contributed by atoms with Crippen LogP contribution in [0, 0.1) is 0 Å². The Hall–Kier alpha value is -1.51. The highest BCUT2D eigenvalue weighted by atomic mass is 16.7. The van der Waals surface area contributed by atoms with Crippen LogP contribution in [0.1, 0.15) is 44.6 Å². The normalized spacial score (nSPS) is 16.3. The highest BCUT2D eigenvalue weighted by Gasteiger charge is 2.18. The van der Waals surface area contributed by atoms with E-state index in [0.29, 0.717) is 5.75 Å². The van der Waals surface area contributed by atoms with Crippen LogP contribution >= 0.6 is 0 Å². The van der Waals surface area contributed by atoms with Gasteiger partial charge in [0.15, 0.2) is 0 Å². The van der Waals surface area contributed by atoms with Crippen molar-refractivity contribution in [2.24, 2.45) is 0 Å². The molecule has 0 N–H and O–H groups in total. The maximum absolute atomic E-state index is 11.6. The minimum absolute atomic E-state index is 0.0427. The number of hydrogen-bond donors (Lipinski definition) is 0. The van der Waals surface area contributed by atoms with E-state index in [9.17, 15) is 4.79 Å². The zero-order chi connectivity index (χ0) is 12.8. The molecule has 0 aromatic heterocycles. The SMILES string of the molecule is CCc1ccc(OC(=O)OC2CCCCC2)cc1. The van der Waals surface area contributed by atoms with E-state index >= 15 is 0 Å². The van der Waals surface area contributed by atoms with E-state index in [1.54, 1.807) is 12.1 Å². The Balaban J connectivity index is 1.82. The molecule has 0 aliphatic heterocycles. The Bertz CT molecular complexity index is 377. The summed E-state index contributed by atoms with van der Waals surface area (Å²) >= 11 is 0. The summed E-state index contributed by atoms with van der Waals surface area (Å²) in [7, 11) is 0. The Morgan fingerprint density at radius 3 is 2.44 bits per heavy atom. The van der Waals surface area contributed by atoms with Crippen molar-refractivity contribution < 1.29 is 14.3 Å². The van der Waals surface area contributed by atoms with Gasteiger partial charge in [-0.3, -0.25) is 0 Å². The Morgan fingerprint density at radius 1 is 1.17 bits per heavy atom. The second-order valence-corrected chi connectivity index (χ2v) is 4.73. The topological polar surface area (TPSA) is 35.5 Å². The van der Waals surface area contributed by atoms with Gasteiger partial charge in [-0.25, -0.2) is 4.79 Å². The molecule has 0 spiro atoms. The largest absolute Gasteiger partial charge is 0.514 e. The molecule has 1 saturated carbocycles. The number of carbonyl (C=O) groups excluding carboxylic acids is 1. The van der Waals surface area contributed by atoms with Gasteiger partial charge in [0.05, 0.1) is 0 Å². The molecule has 0 bridgehead atoms. The first-order valence-electron chi connectivity index (χ1n) is 6.75. The number of ether oxygens (including phenoxy) is 2.